The first-order valence-corrected chi connectivity index (χ1v) is 6.63. The molecule has 4 nitrogen and oxygen atoms in total. The Hall–Kier alpha value is -1.28. The smallest absolute Gasteiger partial charge is 0.157 e. The summed E-state index contributed by atoms with van der Waals surface area (Å²) < 4.78 is 4.08. The largest absolute Gasteiger partial charge is 0.382 e. The molecule has 0 aliphatic carbocycles. The van der Waals surface area contributed by atoms with Crippen molar-refractivity contribution in [3.05, 3.63) is 5.56 Å². The summed E-state index contributed by atoms with van der Waals surface area (Å²) in [6, 6.07) is 2.15. The number of nitrogen functional groups attached to an aromatic ring is 1. The summed E-state index contributed by atoms with van der Waals surface area (Å²) in [5.41, 5.74) is 6.23. The van der Waals surface area contributed by atoms with Gasteiger partial charge >= 0.3 is 0 Å². The van der Waals surface area contributed by atoms with Gasteiger partial charge in [-0.1, -0.05) is 27.7 Å². The van der Waals surface area contributed by atoms with Gasteiger partial charge in [-0.2, -0.15) is 9.64 Å². The number of nitriles is 1. The highest BCUT2D eigenvalue weighted by Gasteiger charge is 2.19. The lowest BCUT2D eigenvalue weighted by Crippen LogP contribution is -2.31. The molecule has 1 aromatic rings. The first-order valence-electron chi connectivity index (χ1n) is 5.85. The van der Waals surface area contributed by atoms with E-state index in [-0.39, 0.29) is 0 Å². The van der Waals surface area contributed by atoms with Crippen molar-refractivity contribution in [3.63, 3.8) is 0 Å². The van der Waals surface area contributed by atoms with Crippen LogP contribution in [0.2, 0.25) is 0 Å². The Morgan fingerprint density at radius 1 is 1.29 bits per heavy atom. The monoisotopic (exact) mass is 252 g/mol. The van der Waals surface area contributed by atoms with E-state index in [1.165, 1.54) is 11.5 Å². The van der Waals surface area contributed by atoms with Crippen molar-refractivity contribution >= 4 is 22.4 Å². The second kappa shape index (κ2) is 5.87. The van der Waals surface area contributed by atoms with Crippen molar-refractivity contribution in [2.24, 2.45) is 11.8 Å². The Labute approximate surface area is 107 Å². The SMILES string of the molecule is CC(C)CN(CC(C)C)c1snc(N)c1C#N. The molecular formula is C12H20N4S. The van der Waals surface area contributed by atoms with Gasteiger partial charge in [-0.25, -0.2) is 0 Å². The quantitative estimate of drug-likeness (QED) is 0.875. The molecule has 0 aliphatic heterocycles. The fraction of sp³-hybridized carbons (Fsp3) is 0.667. The maximum Gasteiger partial charge on any atom is 0.157 e. The van der Waals surface area contributed by atoms with E-state index >= 15 is 0 Å². The predicted molar refractivity (Wildman–Crippen MR) is 73.1 cm³/mol. The van der Waals surface area contributed by atoms with Gasteiger partial charge in [-0.15, -0.1) is 0 Å². The third-order valence-corrected chi connectivity index (χ3v) is 3.19. The number of hydrogen-bond donors (Lipinski definition) is 1. The molecule has 0 saturated carbocycles. The van der Waals surface area contributed by atoms with E-state index < -0.39 is 0 Å². The zero-order valence-corrected chi connectivity index (χ0v) is 11.7. The molecule has 5 heteroatoms. The summed E-state index contributed by atoms with van der Waals surface area (Å²) in [7, 11) is 0. The number of rotatable bonds is 5. The molecule has 0 spiro atoms. The molecular weight excluding hydrogens is 232 g/mol. The molecule has 0 aliphatic rings. The van der Waals surface area contributed by atoms with Crippen LogP contribution in [0, 0.1) is 23.2 Å². The van der Waals surface area contributed by atoms with Gasteiger partial charge in [0.1, 0.15) is 16.6 Å². The number of anilines is 2. The Morgan fingerprint density at radius 3 is 2.24 bits per heavy atom. The van der Waals surface area contributed by atoms with Crippen molar-refractivity contribution in [2.45, 2.75) is 27.7 Å². The van der Waals surface area contributed by atoms with Gasteiger partial charge in [0.15, 0.2) is 5.82 Å². The minimum absolute atomic E-state index is 0.352. The molecule has 0 amide bonds. The topological polar surface area (TPSA) is 65.9 Å². The van der Waals surface area contributed by atoms with Crippen LogP contribution in [0.3, 0.4) is 0 Å². The summed E-state index contributed by atoms with van der Waals surface area (Å²) in [5, 5.41) is 10.0. The van der Waals surface area contributed by atoms with E-state index in [0.29, 0.717) is 23.2 Å². The molecule has 0 radical (unpaired) electrons. The zero-order chi connectivity index (χ0) is 13.0. The molecule has 94 valence electrons. The van der Waals surface area contributed by atoms with Crippen LogP contribution >= 0.6 is 11.5 Å². The first kappa shape index (κ1) is 13.8. The molecule has 1 aromatic heterocycles. The normalized spacial score (nSPS) is 10.9. The van der Waals surface area contributed by atoms with Crippen LogP contribution in [0.4, 0.5) is 10.8 Å². The highest BCUT2D eigenvalue weighted by atomic mass is 32.1. The highest BCUT2D eigenvalue weighted by molar-refractivity contribution is 7.10. The first-order chi connectivity index (χ1) is 7.95. The Balaban J connectivity index is 3.00. The minimum atomic E-state index is 0.352. The van der Waals surface area contributed by atoms with E-state index in [2.05, 4.69) is 43.0 Å². The van der Waals surface area contributed by atoms with E-state index in [4.69, 9.17) is 11.0 Å². The molecule has 0 fully saturated rings. The summed E-state index contributed by atoms with van der Waals surface area (Å²) in [4.78, 5) is 2.22. The fourth-order valence-electron chi connectivity index (χ4n) is 1.74. The lowest BCUT2D eigenvalue weighted by atomic mass is 10.1. The van der Waals surface area contributed by atoms with Gasteiger partial charge in [0.25, 0.3) is 0 Å². The molecule has 0 saturated heterocycles. The molecule has 0 unspecified atom stereocenters. The van der Waals surface area contributed by atoms with Crippen LogP contribution in [-0.2, 0) is 0 Å². The van der Waals surface area contributed by atoms with E-state index in [9.17, 15) is 0 Å². The van der Waals surface area contributed by atoms with E-state index in [1.54, 1.807) is 0 Å². The molecule has 0 atom stereocenters. The van der Waals surface area contributed by atoms with Crippen molar-refractivity contribution in [2.75, 3.05) is 23.7 Å². The molecule has 1 rings (SSSR count). The third-order valence-electron chi connectivity index (χ3n) is 2.27. The van der Waals surface area contributed by atoms with Crippen LogP contribution < -0.4 is 10.6 Å². The van der Waals surface area contributed by atoms with Crippen LogP contribution in [-0.4, -0.2) is 17.5 Å². The lowest BCUT2D eigenvalue weighted by Gasteiger charge is -2.26. The summed E-state index contributed by atoms with van der Waals surface area (Å²) >= 11 is 1.32. The molecule has 17 heavy (non-hydrogen) atoms. The number of aromatic nitrogens is 1. The van der Waals surface area contributed by atoms with E-state index in [0.717, 1.165) is 18.1 Å². The average molecular weight is 252 g/mol. The Morgan fingerprint density at radius 2 is 1.82 bits per heavy atom. The summed E-state index contributed by atoms with van der Waals surface area (Å²) in [6.45, 7) is 10.5. The second-order valence-corrected chi connectivity index (χ2v) is 5.80. The number of nitrogens with zero attached hydrogens (tertiary/aromatic N) is 3. The van der Waals surface area contributed by atoms with Crippen LogP contribution in [0.25, 0.3) is 0 Å². The lowest BCUT2D eigenvalue weighted by molar-refractivity contribution is 0.555. The average Bonchev–Trinajstić information content (AvgIpc) is 2.56. The van der Waals surface area contributed by atoms with Crippen LogP contribution in [0.5, 0.6) is 0 Å². The molecule has 2 N–H and O–H groups in total. The van der Waals surface area contributed by atoms with Crippen molar-refractivity contribution < 1.29 is 0 Å². The summed E-state index contributed by atoms with van der Waals surface area (Å²) in [6.07, 6.45) is 0. The van der Waals surface area contributed by atoms with Gasteiger partial charge in [-0.3, -0.25) is 0 Å². The van der Waals surface area contributed by atoms with Gasteiger partial charge in [0, 0.05) is 13.1 Å². The standard InChI is InChI=1S/C12H20N4S/c1-8(2)6-16(7-9(3)4)12-10(5-13)11(14)15-17-12/h8-9H,6-7H2,1-4H3,(H2,14,15). The number of hydrogen-bond acceptors (Lipinski definition) is 5. The minimum Gasteiger partial charge on any atom is -0.382 e. The van der Waals surface area contributed by atoms with Gasteiger partial charge in [0.05, 0.1) is 0 Å². The van der Waals surface area contributed by atoms with Gasteiger partial charge in [0.2, 0.25) is 0 Å². The van der Waals surface area contributed by atoms with Gasteiger partial charge in [-0.05, 0) is 23.4 Å². The maximum atomic E-state index is 9.12. The molecule has 0 aromatic carbocycles. The van der Waals surface area contributed by atoms with Crippen molar-refractivity contribution in [3.8, 4) is 6.07 Å². The number of nitrogens with two attached hydrogens (primary N) is 1. The van der Waals surface area contributed by atoms with Gasteiger partial charge < -0.3 is 10.6 Å². The molecule has 0 bridgehead atoms. The third kappa shape index (κ3) is 3.60. The Bertz CT molecular complexity index is 393. The van der Waals surface area contributed by atoms with Crippen molar-refractivity contribution in [1.29, 1.82) is 5.26 Å². The van der Waals surface area contributed by atoms with Crippen LogP contribution in [0.15, 0.2) is 0 Å². The maximum absolute atomic E-state index is 9.12. The highest BCUT2D eigenvalue weighted by Crippen LogP contribution is 2.30. The fourth-order valence-corrected chi connectivity index (χ4v) is 2.52. The zero-order valence-electron chi connectivity index (χ0n) is 10.9. The van der Waals surface area contributed by atoms with Crippen molar-refractivity contribution in [1.82, 2.24) is 4.37 Å². The van der Waals surface area contributed by atoms with Crippen LogP contribution in [0.1, 0.15) is 33.3 Å². The molecule has 1 heterocycles. The predicted octanol–water partition coefficient (Wildman–Crippen LogP) is 2.72. The second-order valence-electron chi connectivity index (χ2n) is 5.05. The Kier molecular flexibility index (Phi) is 4.76. The van der Waals surface area contributed by atoms with E-state index in [1.807, 2.05) is 0 Å². The summed E-state index contributed by atoms with van der Waals surface area (Å²) in [5.74, 6) is 1.44.